The predicted molar refractivity (Wildman–Crippen MR) is 70.1 cm³/mol. The van der Waals surface area contributed by atoms with Gasteiger partial charge in [-0.25, -0.2) is 4.79 Å². The minimum atomic E-state index is -0.667. The molecule has 0 saturated heterocycles. The average molecular weight is 339 g/mol. The van der Waals surface area contributed by atoms with Gasteiger partial charge in [-0.05, 0) is 46.9 Å². The maximum atomic E-state index is 11.6. The van der Waals surface area contributed by atoms with E-state index in [0.29, 0.717) is 5.69 Å². The van der Waals surface area contributed by atoms with Gasteiger partial charge in [0.15, 0.2) is 0 Å². The SMILES string of the molecule is N#Cc1cn(-c2ccc(I)cc2)c(=O)[nH]c1=O. The Kier molecular flexibility index (Phi) is 3.10. The molecule has 1 aromatic carbocycles. The van der Waals surface area contributed by atoms with Crippen LogP contribution in [0.2, 0.25) is 0 Å². The lowest BCUT2D eigenvalue weighted by molar-refractivity contribution is 0.889. The van der Waals surface area contributed by atoms with Gasteiger partial charge in [-0.3, -0.25) is 14.3 Å². The number of nitriles is 1. The van der Waals surface area contributed by atoms with Gasteiger partial charge in [-0.1, -0.05) is 0 Å². The third kappa shape index (κ3) is 2.29. The highest BCUT2D eigenvalue weighted by Gasteiger charge is 2.05. The van der Waals surface area contributed by atoms with E-state index in [1.807, 2.05) is 12.1 Å². The first-order valence-electron chi connectivity index (χ1n) is 4.64. The van der Waals surface area contributed by atoms with E-state index in [2.05, 4.69) is 27.6 Å². The van der Waals surface area contributed by atoms with Crippen molar-refractivity contribution in [3.63, 3.8) is 0 Å². The summed E-state index contributed by atoms with van der Waals surface area (Å²) in [4.78, 5) is 24.9. The summed E-state index contributed by atoms with van der Waals surface area (Å²) in [7, 11) is 0. The first kappa shape index (κ1) is 11.6. The molecule has 2 rings (SSSR count). The summed E-state index contributed by atoms with van der Waals surface area (Å²) < 4.78 is 2.26. The maximum absolute atomic E-state index is 11.6. The van der Waals surface area contributed by atoms with Crippen molar-refractivity contribution in [2.24, 2.45) is 0 Å². The number of hydrogen-bond acceptors (Lipinski definition) is 3. The van der Waals surface area contributed by atoms with Gasteiger partial charge in [0, 0.05) is 9.77 Å². The molecule has 1 N–H and O–H groups in total. The molecular weight excluding hydrogens is 333 g/mol. The molecule has 0 spiro atoms. The van der Waals surface area contributed by atoms with Crippen molar-refractivity contribution in [2.75, 3.05) is 0 Å². The topological polar surface area (TPSA) is 78.7 Å². The van der Waals surface area contributed by atoms with Crippen molar-refractivity contribution in [3.8, 4) is 11.8 Å². The van der Waals surface area contributed by atoms with Gasteiger partial charge in [0.25, 0.3) is 5.56 Å². The molecule has 0 bridgehead atoms. The third-order valence-electron chi connectivity index (χ3n) is 2.17. The molecule has 0 aliphatic rings. The number of aromatic nitrogens is 2. The maximum Gasteiger partial charge on any atom is 0.332 e. The van der Waals surface area contributed by atoms with Crippen LogP contribution in [0.5, 0.6) is 0 Å². The van der Waals surface area contributed by atoms with Crippen LogP contribution in [0.4, 0.5) is 0 Å². The zero-order valence-electron chi connectivity index (χ0n) is 8.48. The number of rotatable bonds is 1. The van der Waals surface area contributed by atoms with Crippen LogP contribution < -0.4 is 11.2 Å². The Morgan fingerprint density at radius 1 is 1.24 bits per heavy atom. The fourth-order valence-corrected chi connectivity index (χ4v) is 1.70. The molecule has 0 radical (unpaired) electrons. The second-order valence-electron chi connectivity index (χ2n) is 3.26. The van der Waals surface area contributed by atoms with Gasteiger partial charge in [0.2, 0.25) is 0 Å². The number of nitrogens with one attached hydrogen (secondary N) is 1. The van der Waals surface area contributed by atoms with Crippen molar-refractivity contribution < 1.29 is 0 Å². The molecule has 0 unspecified atom stereocenters. The zero-order chi connectivity index (χ0) is 12.4. The first-order valence-corrected chi connectivity index (χ1v) is 5.72. The van der Waals surface area contributed by atoms with E-state index in [9.17, 15) is 9.59 Å². The summed E-state index contributed by atoms with van der Waals surface area (Å²) in [5.41, 5.74) is -0.721. The smallest absolute Gasteiger partial charge is 0.273 e. The Balaban J connectivity index is 2.68. The van der Waals surface area contributed by atoms with E-state index < -0.39 is 11.2 Å². The Morgan fingerprint density at radius 3 is 2.47 bits per heavy atom. The van der Waals surface area contributed by atoms with E-state index in [4.69, 9.17) is 5.26 Å². The number of H-pyrrole nitrogens is 1. The van der Waals surface area contributed by atoms with E-state index in [1.54, 1.807) is 18.2 Å². The average Bonchev–Trinajstić information content (AvgIpc) is 2.31. The van der Waals surface area contributed by atoms with Crippen molar-refractivity contribution in [1.29, 1.82) is 5.26 Å². The molecule has 84 valence electrons. The van der Waals surface area contributed by atoms with E-state index in [0.717, 1.165) is 3.57 Å². The minimum Gasteiger partial charge on any atom is -0.273 e. The zero-order valence-corrected chi connectivity index (χ0v) is 10.6. The molecule has 2 aromatic rings. The predicted octanol–water partition coefficient (Wildman–Crippen LogP) is 1.00. The van der Waals surface area contributed by atoms with E-state index >= 15 is 0 Å². The van der Waals surface area contributed by atoms with Crippen LogP contribution in [0.3, 0.4) is 0 Å². The molecule has 5 nitrogen and oxygen atoms in total. The summed E-state index contributed by atoms with van der Waals surface area (Å²) in [6.07, 6.45) is 1.24. The van der Waals surface area contributed by atoms with Crippen molar-refractivity contribution in [3.05, 3.63) is 60.4 Å². The van der Waals surface area contributed by atoms with Gasteiger partial charge in [0.05, 0.1) is 5.69 Å². The monoisotopic (exact) mass is 339 g/mol. The fraction of sp³-hybridized carbons (Fsp3) is 0. The molecule has 0 aliphatic carbocycles. The number of hydrogen-bond donors (Lipinski definition) is 1. The highest BCUT2D eigenvalue weighted by atomic mass is 127. The molecule has 0 atom stereocenters. The van der Waals surface area contributed by atoms with E-state index in [-0.39, 0.29) is 5.56 Å². The van der Waals surface area contributed by atoms with Crippen LogP contribution in [-0.4, -0.2) is 9.55 Å². The lowest BCUT2D eigenvalue weighted by atomic mass is 10.3. The minimum absolute atomic E-state index is 0.0943. The summed E-state index contributed by atoms with van der Waals surface area (Å²) >= 11 is 2.15. The summed E-state index contributed by atoms with van der Waals surface area (Å²) in [5.74, 6) is 0. The van der Waals surface area contributed by atoms with Gasteiger partial charge in [0.1, 0.15) is 11.6 Å². The van der Waals surface area contributed by atoms with Gasteiger partial charge in [-0.15, -0.1) is 0 Å². The molecule has 0 fully saturated rings. The van der Waals surface area contributed by atoms with Crippen molar-refractivity contribution >= 4 is 22.6 Å². The second-order valence-corrected chi connectivity index (χ2v) is 4.51. The molecule has 6 heteroatoms. The Morgan fingerprint density at radius 2 is 1.88 bits per heavy atom. The molecule has 0 aliphatic heterocycles. The van der Waals surface area contributed by atoms with Crippen LogP contribution in [0, 0.1) is 14.9 Å². The van der Waals surface area contributed by atoms with Crippen molar-refractivity contribution in [1.82, 2.24) is 9.55 Å². The Labute approximate surface area is 109 Å². The van der Waals surface area contributed by atoms with E-state index in [1.165, 1.54) is 10.8 Å². The number of halogens is 1. The first-order chi connectivity index (χ1) is 8.11. The van der Waals surface area contributed by atoms with Crippen molar-refractivity contribution in [2.45, 2.75) is 0 Å². The number of benzene rings is 1. The number of aromatic amines is 1. The van der Waals surface area contributed by atoms with Crippen LogP contribution in [0.1, 0.15) is 5.56 Å². The molecule has 1 heterocycles. The highest BCUT2D eigenvalue weighted by molar-refractivity contribution is 14.1. The quantitative estimate of drug-likeness (QED) is 0.788. The Hall–Kier alpha value is -1.88. The van der Waals surface area contributed by atoms with Crippen LogP contribution in [-0.2, 0) is 0 Å². The third-order valence-corrected chi connectivity index (χ3v) is 2.89. The summed E-state index contributed by atoms with van der Waals surface area (Å²) in [6, 6.07) is 8.88. The van der Waals surface area contributed by atoms with Gasteiger partial charge >= 0.3 is 5.69 Å². The van der Waals surface area contributed by atoms with Gasteiger partial charge in [-0.2, -0.15) is 5.26 Å². The molecule has 17 heavy (non-hydrogen) atoms. The van der Waals surface area contributed by atoms with Crippen LogP contribution in [0.15, 0.2) is 40.1 Å². The lowest BCUT2D eigenvalue weighted by Crippen LogP contribution is -2.30. The number of nitrogens with zero attached hydrogens (tertiary/aromatic N) is 2. The normalized spacial score (nSPS) is 9.88. The van der Waals surface area contributed by atoms with Crippen LogP contribution >= 0.6 is 22.6 Å². The molecule has 0 amide bonds. The van der Waals surface area contributed by atoms with Gasteiger partial charge < -0.3 is 0 Å². The highest BCUT2D eigenvalue weighted by Crippen LogP contribution is 2.09. The second kappa shape index (κ2) is 4.55. The standard InChI is InChI=1S/C11H6IN3O2/c12-8-1-3-9(4-2-8)15-6-7(5-13)10(16)14-11(15)17/h1-4,6H,(H,14,16,17). The lowest BCUT2D eigenvalue weighted by Gasteiger charge is -2.04. The van der Waals surface area contributed by atoms with Crippen LogP contribution in [0.25, 0.3) is 5.69 Å². The summed E-state index contributed by atoms with van der Waals surface area (Å²) in [6.45, 7) is 0. The summed E-state index contributed by atoms with van der Waals surface area (Å²) in [5, 5.41) is 8.74. The fourth-order valence-electron chi connectivity index (χ4n) is 1.34. The molecular formula is C11H6IN3O2. The largest absolute Gasteiger partial charge is 0.332 e. The molecule has 0 saturated carbocycles. The Bertz CT molecular complexity index is 707. The molecule has 1 aromatic heterocycles.